The summed E-state index contributed by atoms with van der Waals surface area (Å²) in [6.45, 7) is -0.101. The number of carbonyl (C=O) groups is 1. The van der Waals surface area contributed by atoms with Gasteiger partial charge in [-0.3, -0.25) is 4.98 Å². The zero-order valence-electron chi connectivity index (χ0n) is 12.4. The number of esters is 1. The number of hydrogen-bond donors (Lipinski definition) is 1. The molecule has 1 saturated carbocycles. The van der Waals surface area contributed by atoms with Crippen molar-refractivity contribution < 1.29 is 13.9 Å². The maximum atomic E-state index is 12.1. The van der Waals surface area contributed by atoms with Crippen molar-refractivity contribution in [1.29, 1.82) is 0 Å². The molecule has 8 nitrogen and oxygen atoms in total. The minimum Gasteiger partial charge on any atom is -0.454 e. The Morgan fingerprint density at radius 1 is 1.48 bits per heavy atom. The van der Waals surface area contributed by atoms with Crippen LogP contribution in [-0.4, -0.2) is 25.7 Å². The number of aromatic amines is 1. The molecule has 23 heavy (non-hydrogen) atoms. The van der Waals surface area contributed by atoms with Gasteiger partial charge in [-0.05, 0) is 31.0 Å². The van der Waals surface area contributed by atoms with E-state index in [0.29, 0.717) is 22.9 Å². The smallest absolute Gasteiger partial charge is 0.343 e. The molecule has 1 aromatic carbocycles. The molecule has 0 aliphatic heterocycles. The largest absolute Gasteiger partial charge is 0.454 e. The van der Waals surface area contributed by atoms with Gasteiger partial charge in [0, 0.05) is 13.0 Å². The van der Waals surface area contributed by atoms with Crippen LogP contribution in [0.3, 0.4) is 0 Å². The Labute approximate surface area is 130 Å². The highest BCUT2D eigenvalue weighted by Gasteiger charge is 2.29. The summed E-state index contributed by atoms with van der Waals surface area (Å²) in [5.74, 6) is 0.931. The predicted molar refractivity (Wildman–Crippen MR) is 78.9 cm³/mol. The van der Waals surface area contributed by atoms with Crippen molar-refractivity contribution in [3.05, 3.63) is 46.0 Å². The van der Waals surface area contributed by atoms with Crippen LogP contribution in [0.5, 0.6) is 0 Å². The molecule has 3 aromatic rings. The van der Waals surface area contributed by atoms with Crippen LogP contribution in [0.1, 0.15) is 40.8 Å². The van der Waals surface area contributed by atoms with Crippen LogP contribution in [-0.2, 0) is 18.4 Å². The molecular formula is C15H14N4O4. The van der Waals surface area contributed by atoms with Gasteiger partial charge in [0.25, 0.3) is 0 Å². The average Bonchev–Trinajstić information content (AvgIpc) is 3.22. The van der Waals surface area contributed by atoms with E-state index >= 15 is 0 Å². The number of nitrogens with one attached hydrogen (secondary N) is 1. The van der Waals surface area contributed by atoms with Crippen LogP contribution in [0.4, 0.5) is 0 Å². The number of rotatable bonds is 4. The Hall–Kier alpha value is -2.90. The maximum Gasteiger partial charge on any atom is 0.343 e. The first-order valence-electron chi connectivity index (χ1n) is 7.30. The number of aromatic nitrogens is 4. The monoisotopic (exact) mass is 314 g/mol. The highest BCUT2D eigenvalue weighted by atomic mass is 16.5. The molecule has 0 radical (unpaired) electrons. The van der Waals surface area contributed by atoms with E-state index in [1.54, 1.807) is 18.2 Å². The van der Waals surface area contributed by atoms with Crippen molar-refractivity contribution in [2.24, 2.45) is 7.05 Å². The molecule has 0 atom stereocenters. The summed E-state index contributed by atoms with van der Waals surface area (Å²) >= 11 is 0. The van der Waals surface area contributed by atoms with Crippen LogP contribution < -0.4 is 5.69 Å². The lowest BCUT2D eigenvalue weighted by atomic mass is 10.2. The van der Waals surface area contributed by atoms with Crippen LogP contribution in [0.15, 0.2) is 27.4 Å². The van der Waals surface area contributed by atoms with Gasteiger partial charge in [-0.25, -0.2) is 19.3 Å². The highest BCUT2D eigenvalue weighted by molar-refractivity contribution is 5.93. The molecule has 0 bridgehead atoms. The third-order valence-corrected chi connectivity index (χ3v) is 3.72. The van der Waals surface area contributed by atoms with Gasteiger partial charge in [-0.1, -0.05) is 0 Å². The van der Waals surface area contributed by atoms with Crippen LogP contribution in [0.25, 0.3) is 11.1 Å². The number of H-pyrrole nitrogens is 1. The van der Waals surface area contributed by atoms with Gasteiger partial charge in [0.1, 0.15) is 5.52 Å². The summed E-state index contributed by atoms with van der Waals surface area (Å²) in [5, 5.41) is 3.90. The summed E-state index contributed by atoms with van der Waals surface area (Å²) in [5.41, 5.74) is 1.33. The lowest BCUT2D eigenvalue weighted by molar-refractivity contribution is 0.0462. The second-order valence-electron chi connectivity index (χ2n) is 5.59. The van der Waals surface area contributed by atoms with E-state index < -0.39 is 5.97 Å². The molecule has 1 fully saturated rings. The van der Waals surface area contributed by atoms with Gasteiger partial charge in [0.2, 0.25) is 0 Å². The molecule has 0 spiro atoms. The third kappa shape index (κ3) is 2.63. The van der Waals surface area contributed by atoms with Gasteiger partial charge in [0.15, 0.2) is 23.9 Å². The summed E-state index contributed by atoms with van der Waals surface area (Å²) in [4.78, 5) is 30.2. The summed E-state index contributed by atoms with van der Waals surface area (Å²) < 4.78 is 12.0. The first-order valence-corrected chi connectivity index (χ1v) is 7.30. The van der Waals surface area contributed by atoms with Gasteiger partial charge in [-0.2, -0.15) is 5.10 Å². The van der Waals surface area contributed by atoms with E-state index in [-0.39, 0.29) is 12.3 Å². The molecule has 1 aliphatic carbocycles. The van der Waals surface area contributed by atoms with E-state index in [1.165, 1.54) is 7.05 Å². The quantitative estimate of drug-likeness (QED) is 0.732. The molecule has 0 amide bonds. The molecule has 0 saturated heterocycles. The average molecular weight is 314 g/mol. The fourth-order valence-corrected chi connectivity index (χ4v) is 2.31. The Bertz CT molecular complexity index is 948. The Morgan fingerprint density at radius 3 is 3.00 bits per heavy atom. The number of ether oxygens (including phenoxy) is 1. The van der Waals surface area contributed by atoms with E-state index in [1.807, 2.05) is 0 Å². The van der Waals surface area contributed by atoms with Gasteiger partial charge >= 0.3 is 11.7 Å². The molecule has 8 heteroatoms. The normalized spacial score (nSPS) is 14.3. The number of fused-ring (bicyclic) bond motifs is 1. The minimum absolute atomic E-state index is 0.101. The topological polar surface area (TPSA) is 103 Å². The number of benzene rings is 1. The lowest BCUT2D eigenvalue weighted by Crippen LogP contribution is -2.13. The fourth-order valence-electron chi connectivity index (χ4n) is 2.31. The molecule has 1 N–H and O–H groups in total. The van der Waals surface area contributed by atoms with Crippen molar-refractivity contribution in [3.8, 4) is 0 Å². The Kier molecular flexibility index (Phi) is 3.03. The second-order valence-corrected chi connectivity index (χ2v) is 5.59. The molecule has 2 heterocycles. The van der Waals surface area contributed by atoms with Gasteiger partial charge in [-0.15, -0.1) is 0 Å². The zero-order valence-corrected chi connectivity index (χ0v) is 12.4. The molecular weight excluding hydrogens is 300 g/mol. The summed E-state index contributed by atoms with van der Waals surface area (Å²) in [6, 6.07) is 5.01. The number of oxazole rings is 1. The van der Waals surface area contributed by atoms with Crippen molar-refractivity contribution in [1.82, 2.24) is 19.7 Å². The number of carbonyl (C=O) groups excluding carboxylic acids is 1. The third-order valence-electron chi connectivity index (χ3n) is 3.72. The SMILES string of the molecule is Cn1nc(COC(=O)c2ccc3nc(C4CC4)oc3c2)[nH]c1=O. The zero-order chi connectivity index (χ0) is 16.0. The maximum absolute atomic E-state index is 12.1. The van der Waals surface area contributed by atoms with Crippen LogP contribution in [0.2, 0.25) is 0 Å². The molecule has 118 valence electrons. The predicted octanol–water partition coefficient (Wildman–Crippen LogP) is 1.48. The Balaban J connectivity index is 1.50. The molecule has 0 unspecified atom stereocenters. The Morgan fingerprint density at radius 2 is 2.30 bits per heavy atom. The van der Waals surface area contributed by atoms with Crippen molar-refractivity contribution in [2.45, 2.75) is 25.4 Å². The van der Waals surface area contributed by atoms with Crippen molar-refractivity contribution in [2.75, 3.05) is 0 Å². The van der Waals surface area contributed by atoms with Gasteiger partial charge < -0.3 is 9.15 Å². The first kappa shape index (κ1) is 13.7. The summed E-state index contributed by atoms with van der Waals surface area (Å²) in [6.07, 6.45) is 2.20. The second kappa shape index (κ2) is 5.08. The lowest BCUT2D eigenvalue weighted by Gasteiger charge is -2.02. The highest BCUT2D eigenvalue weighted by Crippen LogP contribution is 2.40. The van der Waals surface area contributed by atoms with E-state index in [4.69, 9.17) is 9.15 Å². The molecule has 2 aromatic heterocycles. The van der Waals surface area contributed by atoms with Gasteiger partial charge in [0.05, 0.1) is 5.56 Å². The molecule has 4 rings (SSSR count). The van der Waals surface area contributed by atoms with Crippen LogP contribution >= 0.6 is 0 Å². The first-order chi connectivity index (χ1) is 11.1. The number of nitrogens with zero attached hydrogens (tertiary/aromatic N) is 3. The van der Waals surface area contributed by atoms with E-state index in [2.05, 4.69) is 15.1 Å². The standard InChI is InChI=1S/C15H14N4O4/c1-19-15(21)17-12(18-19)7-22-14(20)9-4-5-10-11(6-9)23-13(16-10)8-2-3-8/h4-6,8H,2-3,7H2,1H3,(H,17,18,21). The number of aryl methyl sites for hydroxylation is 1. The van der Waals surface area contributed by atoms with Crippen molar-refractivity contribution >= 4 is 17.1 Å². The number of hydrogen-bond acceptors (Lipinski definition) is 6. The minimum atomic E-state index is -0.511. The van der Waals surface area contributed by atoms with E-state index in [0.717, 1.165) is 28.9 Å². The van der Waals surface area contributed by atoms with Crippen LogP contribution in [0, 0.1) is 0 Å². The van der Waals surface area contributed by atoms with Crippen molar-refractivity contribution in [3.63, 3.8) is 0 Å². The molecule has 1 aliphatic rings. The van der Waals surface area contributed by atoms with E-state index in [9.17, 15) is 9.59 Å². The summed E-state index contributed by atoms with van der Waals surface area (Å²) in [7, 11) is 1.51. The fraction of sp³-hybridized carbons (Fsp3) is 0.333.